The van der Waals surface area contributed by atoms with Gasteiger partial charge in [-0.15, -0.1) is 0 Å². The molecule has 1 aliphatic carbocycles. The number of benzene rings is 1. The van der Waals surface area contributed by atoms with Crippen molar-refractivity contribution < 1.29 is 19.1 Å². The third-order valence-electron chi connectivity index (χ3n) is 5.36. The summed E-state index contributed by atoms with van der Waals surface area (Å²) in [7, 11) is 0. The Bertz CT molecular complexity index is 659. The van der Waals surface area contributed by atoms with Gasteiger partial charge in [0.1, 0.15) is 12.2 Å². The van der Waals surface area contributed by atoms with E-state index in [9.17, 15) is 9.59 Å². The van der Waals surface area contributed by atoms with Crippen LogP contribution in [0.2, 0.25) is 0 Å². The van der Waals surface area contributed by atoms with Crippen molar-refractivity contribution in [1.82, 2.24) is 0 Å². The molecule has 1 aromatic rings. The lowest BCUT2D eigenvalue weighted by Gasteiger charge is -2.30. The zero-order valence-corrected chi connectivity index (χ0v) is 19.6. The topological polar surface area (TPSA) is 52.6 Å². The van der Waals surface area contributed by atoms with Crippen molar-refractivity contribution in [3.63, 3.8) is 0 Å². The van der Waals surface area contributed by atoms with Gasteiger partial charge in [-0.05, 0) is 76.6 Å². The predicted molar refractivity (Wildman–Crippen MR) is 112 cm³/mol. The summed E-state index contributed by atoms with van der Waals surface area (Å²) in [6.07, 6.45) is 3.15. The van der Waals surface area contributed by atoms with Gasteiger partial charge in [-0.3, -0.25) is 9.59 Å². The summed E-state index contributed by atoms with van der Waals surface area (Å²) >= 11 is 6.91. The highest BCUT2D eigenvalue weighted by atomic mass is 79.9. The van der Waals surface area contributed by atoms with Crippen LogP contribution in [-0.4, -0.2) is 18.0 Å². The summed E-state index contributed by atoms with van der Waals surface area (Å²) < 4.78 is 13.2. The Morgan fingerprint density at radius 2 is 1.67 bits per heavy atom. The molecule has 0 bridgehead atoms. The summed E-state index contributed by atoms with van der Waals surface area (Å²) in [5, 5.41) is 0. The van der Waals surface area contributed by atoms with E-state index >= 15 is 0 Å². The van der Waals surface area contributed by atoms with Crippen LogP contribution in [0.1, 0.15) is 71.5 Å². The average Bonchev–Trinajstić information content (AvgIpc) is 2.61. The lowest BCUT2D eigenvalue weighted by molar-refractivity contribution is -0.163. The highest BCUT2D eigenvalue weighted by Crippen LogP contribution is 2.32. The maximum absolute atomic E-state index is 12.5. The normalized spacial score (nSPS) is 21.4. The summed E-state index contributed by atoms with van der Waals surface area (Å²) in [5.74, 6) is -0.445. The Hall–Kier alpha value is -0.880. The zero-order chi connectivity index (χ0) is 20.2. The molecule has 4 nitrogen and oxygen atoms in total. The quantitative estimate of drug-likeness (QED) is 0.424. The molecule has 2 rings (SSSR count). The van der Waals surface area contributed by atoms with Crippen LogP contribution in [-0.2, 0) is 19.1 Å². The Morgan fingerprint density at radius 1 is 1.11 bits per heavy atom. The molecular formula is C21H28Br2O4. The molecule has 6 heteroatoms. The van der Waals surface area contributed by atoms with Crippen molar-refractivity contribution in [3.05, 3.63) is 32.7 Å². The van der Waals surface area contributed by atoms with E-state index in [0.29, 0.717) is 25.7 Å². The fourth-order valence-corrected chi connectivity index (χ4v) is 4.35. The van der Waals surface area contributed by atoms with Crippen molar-refractivity contribution in [2.75, 3.05) is 0 Å². The molecule has 0 amide bonds. The van der Waals surface area contributed by atoms with Gasteiger partial charge in [-0.25, -0.2) is 0 Å². The van der Waals surface area contributed by atoms with E-state index in [-0.39, 0.29) is 30.1 Å². The minimum absolute atomic E-state index is 0.0918. The van der Waals surface area contributed by atoms with E-state index in [0.717, 1.165) is 20.9 Å². The van der Waals surface area contributed by atoms with Crippen molar-refractivity contribution in [2.45, 2.75) is 72.0 Å². The molecule has 0 aromatic heterocycles. The van der Waals surface area contributed by atoms with Gasteiger partial charge in [0.2, 0.25) is 0 Å². The summed E-state index contributed by atoms with van der Waals surface area (Å²) in [5.41, 5.74) is 0.484. The van der Waals surface area contributed by atoms with Gasteiger partial charge in [0.05, 0.1) is 11.3 Å². The zero-order valence-electron chi connectivity index (χ0n) is 16.4. The van der Waals surface area contributed by atoms with Gasteiger partial charge in [0.15, 0.2) is 0 Å². The molecule has 1 aliphatic rings. The summed E-state index contributed by atoms with van der Waals surface area (Å²) in [6, 6.07) is 5.85. The summed E-state index contributed by atoms with van der Waals surface area (Å²) in [6.45, 7) is 7.67. The first kappa shape index (κ1) is 22.4. The van der Waals surface area contributed by atoms with Crippen LogP contribution < -0.4 is 0 Å². The number of halogens is 2. The largest absolute Gasteiger partial charge is 0.462 e. The van der Waals surface area contributed by atoms with E-state index in [2.05, 4.69) is 31.9 Å². The van der Waals surface area contributed by atoms with Crippen LogP contribution in [0.15, 0.2) is 27.1 Å². The van der Waals surface area contributed by atoms with E-state index in [1.165, 1.54) is 0 Å². The number of carbonyl (C=O) groups is 2. The smallest absolute Gasteiger partial charge is 0.311 e. The van der Waals surface area contributed by atoms with E-state index in [4.69, 9.17) is 9.47 Å². The van der Waals surface area contributed by atoms with Crippen LogP contribution in [0, 0.1) is 11.3 Å². The molecule has 0 aliphatic heterocycles. The van der Waals surface area contributed by atoms with Gasteiger partial charge in [0.25, 0.3) is 0 Å². The Kier molecular flexibility index (Phi) is 7.93. The molecule has 150 valence electrons. The molecule has 1 aromatic carbocycles. The minimum atomic E-state index is -0.455. The van der Waals surface area contributed by atoms with Crippen molar-refractivity contribution in [1.29, 1.82) is 0 Å². The molecule has 0 radical (unpaired) electrons. The highest BCUT2D eigenvalue weighted by molar-refractivity contribution is 9.11. The second kappa shape index (κ2) is 9.55. The van der Waals surface area contributed by atoms with E-state index < -0.39 is 5.41 Å². The number of hydrogen-bond acceptors (Lipinski definition) is 4. The minimum Gasteiger partial charge on any atom is -0.462 e. The lowest BCUT2D eigenvalue weighted by atomic mass is 9.86. The first-order valence-corrected chi connectivity index (χ1v) is 11.1. The lowest BCUT2D eigenvalue weighted by Crippen LogP contribution is -2.33. The molecule has 0 heterocycles. The molecule has 0 spiro atoms. The third-order valence-corrected chi connectivity index (χ3v) is 6.28. The predicted octanol–water partition coefficient (Wildman–Crippen LogP) is 6.35. The maximum atomic E-state index is 12.5. The number of carbonyl (C=O) groups excluding carboxylic acids is 2. The van der Waals surface area contributed by atoms with Crippen molar-refractivity contribution in [2.24, 2.45) is 11.3 Å². The molecule has 0 N–H and O–H groups in total. The van der Waals surface area contributed by atoms with Crippen LogP contribution in [0.3, 0.4) is 0 Å². The van der Waals surface area contributed by atoms with Gasteiger partial charge in [-0.2, -0.15) is 0 Å². The van der Waals surface area contributed by atoms with Gasteiger partial charge < -0.3 is 9.47 Å². The standard InChI is InChI=1S/C21H28Br2O4/c1-5-21(3,4)20(25)27-18-8-6-14(7-9-18)19(24)26-13(2)15-10-16(22)12-17(23)11-15/h10-14,18H,5-9H2,1-4H3. The number of ether oxygens (including phenoxy) is 2. The summed E-state index contributed by atoms with van der Waals surface area (Å²) in [4.78, 5) is 24.7. The second-order valence-corrected chi connectivity index (χ2v) is 9.73. The second-order valence-electron chi connectivity index (χ2n) is 7.90. The Morgan fingerprint density at radius 3 is 2.19 bits per heavy atom. The maximum Gasteiger partial charge on any atom is 0.311 e. The molecule has 1 fully saturated rings. The average molecular weight is 504 g/mol. The first-order chi connectivity index (χ1) is 12.6. The first-order valence-electron chi connectivity index (χ1n) is 9.50. The van der Waals surface area contributed by atoms with Crippen LogP contribution in [0.4, 0.5) is 0 Å². The van der Waals surface area contributed by atoms with Gasteiger partial charge in [-0.1, -0.05) is 38.8 Å². The fourth-order valence-electron chi connectivity index (χ4n) is 3.02. The van der Waals surface area contributed by atoms with Crippen molar-refractivity contribution in [3.8, 4) is 0 Å². The van der Waals surface area contributed by atoms with Crippen LogP contribution in [0.5, 0.6) is 0 Å². The van der Waals surface area contributed by atoms with Gasteiger partial charge >= 0.3 is 11.9 Å². The van der Waals surface area contributed by atoms with Gasteiger partial charge in [0, 0.05) is 8.95 Å². The van der Waals surface area contributed by atoms with Crippen LogP contribution in [0.25, 0.3) is 0 Å². The molecule has 0 saturated heterocycles. The van der Waals surface area contributed by atoms with Crippen molar-refractivity contribution >= 4 is 43.8 Å². The van der Waals surface area contributed by atoms with Crippen LogP contribution >= 0.6 is 31.9 Å². The molecule has 1 atom stereocenters. The molecule has 1 saturated carbocycles. The SMILES string of the molecule is CCC(C)(C)C(=O)OC1CCC(C(=O)OC(C)c2cc(Br)cc(Br)c2)CC1. The van der Waals surface area contributed by atoms with E-state index in [1.807, 2.05) is 45.9 Å². The van der Waals surface area contributed by atoms with E-state index in [1.54, 1.807) is 0 Å². The Labute approximate surface area is 178 Å². The highest BCUT2D eigenvalue weighted by Gasteiger charge is 2.33. The molecule has 1 unspecified atom stereocenters. The molecular weight excluding hydrogens is 476 g/mol. The number of hydrogen-bond donors (Lipinski definition) is 0. The Balaban J connectivity index is 1.85. The number of rotatable bonds is 6. The fraction of sp³-hybridized carbons (Fsp3) is 0.619. The third kappa shape index (κ3) is 6.31. The monoisotopic (exact) mass is 502 g/mol. The molecule has 27 heavy (non-hydrogen) atoms. The number of esters is 2.